The van der Waals surface area contributed by atoms with E-state index in [0.717, 1.165) is 32.4 Å². The van der Waals surface area contributed by atoms with Crippen molar-refractivity contribution >= 4 is 35.1 Å². The van der Waals surface area contributed by atoms with Crippen LogP contribution in [0.2, 0.25) is 5.02 Å². The number of carbonyl (C=O) groups is 3. The van der Waals surface area contributed by atoms with E-state index < -0.39 is 17.8 Å². The maximum absolute atomic E-state index is 13.8. The summed E-state index contributed by atoms with van der Waals surface area (Å²) in [5, 5.41) is 12.6. The van der Waals surface area contributed by atoms with Crippen molar-refractivity contribution in [1.29, 1.82) is 0 Å². The molecule has 2 saturated heterocycles. The van der Waals surface area contributed by atoms with Crippen molar-refractivity contribution in [2.75, 3.05) is 44.6 Å². The Hall–Kier alpha value is -4.11. The molecule has 2 aliphatic heterocycles. The second-order valence-corrected chi connectivity index (χ2v) is 11.6. The fraction of sp³-hybridized carbons (Fsp3) is 0.464. The van der Waals surface area contributed by atoms with Crippen LogP contribution in [0.3, 0.4) is 0 Å². The first-order chi connectivity index (χ1) is 21.0. The van der Waals surface area contributed by atoms with Gasteiger partial charge in [0.25, 0.3) is 11.8 Å². The molecule has 0 bridgehead atoms. The molecular weight excluding hydrogens is 603 g/mol. The summed E-state index contributed by atoms with van der Waals surface area (Å²) in [7, 11) is 1.46. The first-order valence-corrected chi connectivity index (χ1v) is 14.7. The maximum atomic E-state index is 13.8. The number of nitrogens with one attached hydrogen (secondary N) is 3. The second-order valence-electron chi connectivity index (χ2n) is 11.2. The molecule has 6 rings (SSSR count). The highest BCUT2D eigenvalue weighted by Crippen LogP contribution is 2.39. The molecule has 4 heterocycles. The van der Waals surface area contributed by atoms with Gasteiger partial charge in [-0.05, 0) is 37.5 Å². The molecule has 3 N–H and O–H groups in total. The molecule has 16 heteroatoms. The number of amides is 4. The minimum Gasteiger partial charge on any atom is -0.335 e. The molecule has 3 aromatic rings. The number of imidazole rings is 1. The minimum absolute atomic E-state index is 0.0777. The number of benzene rings is 1. The number of urea groups is 1. The Labute approximate surface area is 255 Å². The Kier molecular flexibility index (Phi) is 8.01. The van der Waals surface area contributed by atoms with Crippen molar-refractivity contribution in [3.8, 4) is 11.3 Å². The highest BCUT2D eigenvalue weighted by Gasteiger charge is 2.40. The third kappa shape index (κ3) is 5.85. The van der Waals surface area contributed by atoms with E-state index in [1.807, 2.05) is 0 Å². The molecule has 0 atom stereocenters. The molecule has 0 unspecified atom stereocenters. The van der Waals surface area contributed by atoms with E-state index in [1.54, 1.807) is 9.80 Å². The number of hydrogen-bond donors (Lipinski definition) is 3. The van der Waals surface area contributed by atoms with E-state index in [1.165, 1.54) is 46.9 Å². The molecule has 4 amide bonds. The average Bonchev–Trinajstić information content (AvgIpc) is 3.53. The van der Waals surface area contributed by atoms with Gasteiger partial charge < -0.3 is 30.3 Å². The lowest BCUT2D eigenvalue weighted by atomic mass is 9.93. The van der Waals surface area contributed by atoms with E-state index >= 15 is 0 Å². The molecule has 234 valence electrons. The number of nitrogens with zero attached hydrogens (tertiary/aromatic N) is 6. The van der Waals surface area contributed by atoms with Gasteiger partial charge in [-0.2, -0.15) is 18.3 Å². The van der Waals surface area contributed by atoms with Crippen LogP contribution < -0.4 is 16.0 Å². The third-order valence-electron chi connectivity index (χ3n) is 8.34. The van der Waals surface area contributed by atoms with E-state index in [2.05, 4.69) is 26.0 Å². The molecule has 1 aromatic carbocycles. The van der Waals surface area contributed by atoms with Gasteiger partial charge in [0.05, 0.1) is 40.1 Å². The molecule has 2 aromatic heterocycles. The molecular formula is C28H31ClF3N9O3. The number of alkyl halides is 3. The largest absolute Gasteiger partial charge is 0.435 e. The standard InChI is InChI=1S/C28H31ClF3N9O3/c1-38-22(20-15-41(18-3-2-4-18)37-23(20)28(30,31)32)14-34-24(38)25(42)35-16-5-6-19(21(29)11-16)26(43)39-7-9-40(10-8-39)27(44)36-17-12-33-13-17/h5-6,11,14-15,17-18,33H,2-4,7-10,12-13H2,1H3,(H,35,42)(H,36,44). The van der Waals surface area contributed by atoms with Crippen LogP contribution >= 0.6 is 11.6 Å². The van der Waals surface area contributed by atoms with Gasteiger partial charge in [0.15, 0.2) is 11.5 Å². The summed E-state index contributed by atoms with van der Waals surface area (Å²) >= 11 is 6.44. The number of hydrogen-bond acceptors (Lipinski definition) is 6. The third-order valence-corrected chi connectivity index (χ3v) is 8.65. The summed E-state index contributed by atoms with van der Waals surface area (Å²) in [4.78, 5) is 46.0. The zero-order valence-electron chi connectivity index (χ0n) is 23.8. The van der Waals surface area contributed by atoms with Gasteiger partial charge in [0.1, 0.15) is 0 Å². The van der Waals surface area contributed by atoms with E-state index in [9.17, 15) is 27.6 Å². The van der Waals surface area contributed by atoms with Crippen molar-refractivity contribution in [2.45, 2.75) is 37.5 Å². The summed E-state index contributed by atoms with van der Waals surface area (Å²) < 4.78 is 44.1. The first-order valence-electron chi connectivity index (χ1n) is 14.3. The smallest absolute Gasteiger partial charge is 0.335 e. The number of aromatic nitrogens is 4. The summed E-state index contributed by atoms with van der Waals surface area (Å²) in [5.74, 6) is -1.08. The summed E-state index contributed by atoms with van der Waals surface area (Å²) in [6, 6.07) is 4.34. The van der Waals surface area contributed by atoms with Crippen molar-refractivity contribution in [2.24, 2.45) is 7.05 Å². The number of anilines is 1. The molecule has 44 heavy (non-hydrogen) atoms. The zero-order chi connectivity index (χ0) is 31.2. The van der Waals surface area contributed by atoms with Crippen LogP contribution in [0.4, 0.5) is 23.7 Å². The van der Waals surface area contributed by atoms with Crippen LogP contribution in [0, 0.1) is 0 Å². The predicted molar refractivity (Wildman–Crippen MR) is 154 cm³/mol. The lowest BCUT2D eigenvalue weighted by Gasteiger charge is -2.37. The fourth-order valence-electron chi connectivity index (χ4n) is 5.39. The highest BCUT2D eigenvalue weighted by atomic mass is 35.5. The Morgan fingerprint density at radius 2 is 1.77 bits per heavy atom. The molecule has 0 radical (unpaired) electrons. The minimum atomic E-state index is -4.68. The predicted octanol–water partition coefficient (Wildman–Crippen LogP) is 3.37. The molecule has 0 spiro atoms. The fourth-order valence-corrected chi connectivity index (χ4v) is 5.65. The molecule has 1 saturated carbocycles. The number of rotatable bonds is 6. The van der Waals surface area contributed by atoms with Crippen LogP contribution in [0.15, 0.2) is 30.6 Å². The Balaban J connectivity index is 1.11. The van der Waals surface area contributed by atoms with Gasteiger partial charge in [0, 0.05) is 58.2 Å². The summed E-state index contributed by atoms with van der Waals surface area (Å²) in [6.45, 7) is 2.97. The summed E-state index contributed by atoms with van der Waals surface area (Å²) in [6.07, 6.45) is 0.364. The number of halogens is 4. The lowest BCUT2D eigenvalue weighted by molar-refractivity contribution is -0.141. The van der Waals surface area contributed by atoms with E-state index in [-0.39, 0.29) is 57.4 Å². The van der Waals surface area contributed by atoms with Crippen LogP contribution in [0.25, 0.3) is 11.3 Å². The quantitative estimate of drug-likeness (QED) is 0.382. The lowest BCUT2D eigenvalue weighted by Crippen LogP contribution is -2.61. The van der Waals surface area contributed by atoms with Crippen LogP contribution in [0.1, 0.15) is 52.0 Å². The second kappa shape index (κ2) is 11.8. The van der Waals surface area contributed by atoms with Gasteiger partial charge in [-0.25, -0.2) is 9.78 Å². The number of carbonyl (C=O) groups excluding carboxylic acids is 3. The topological polar surface area (TPSA) is 129 Å². The molecule has 3 fully saturated rings. The molecule has 3 aliphatic rings. The molecule has 12 nitrogen and oxygen atoms in total. The van der Waals surface area contributed by atoms with Crippen molar-refractivity contribution < 1.29 is 27.6 Å². The van der Waals surface area contributed by atoms with Gasteiger partial charge in [-0.3, -0.25) is 14.3 Å². The number of piperazine rings is 1. The van der Waals surface area contributed by atoms with Gasteiger partial charge in [0.2, 0.25) is 0 Å². The average molecular weight is 634 g/mol. The zero-order valence-corrected chi connectivity index (χ0v) is 24.6. The van der Waals surface area contributed by atoms with Crippen molar-refractivity contribution in [3.05, 3.63) is 52.7 Å². The van der Waals surface area contributed by atoms with Crippen molar-refractivity contribution in [1.82, 2.24) is 39.8 Å². The maximum Gasteiger partial charge on any atom is 0.435 e. The van der Waals surface area contributed by atoms with Crippen molar-refractivity contribution in [3.63, 3.8) is 0 Å². The normalized spacial score (nSPS) is 17.7. The van der Waals surface area contributed by atoms with Gasteiger partial charge in [-0.15, -0.1) is 0 Å². The highest BCUT2D eigenvalue weighted by molar-refractivity contribution is 6.34. The van der Waals surface area contributed by atoms with E-state index in [4.69, 9.17) is 11.6 Å². The van der Waals surface area contributed by atoms with Gasteiger partial charge in [-0.1, -0.05) is 11.6 Å². The molecule has 1 aliphatic carbocycles. The Bertz CT molecular complexity index is 1590. The monoisotopic (exact) mass is 633 g/mol. The Morgan fingerprint density at radius 1 is 1.07 bits per heavy atom. The van der Waals surface area contributed by atoms with E-state index in [0.29, 0.717) is 26.2 Å². The van der Waals surface area contributed by atoms with Crippen LogP contribution in [0.5, 0.6) is 0 Å². The SMILES string of the molecule is Cn1c(-c2cn(C3CCC3)nc2C(F)(F)F)cnc1C(=O)Nc1ccc(C(=O)N2CCN(C(=O)NC3CNC3)CC2)c(Cl)c1. The summed E-state index contributed by atoms with van der Waals surface area (Å²) in [5.41, 5.74) is -0.555. The Morgan fingerprint density at radius 3 is 2.36 bits per heavy atom. The van der Waals surface area contributed by atoms with Gasteiger partial charge >= 0.3 is 12.2 Å². The first kappa shape index (κ1) is 29.9. The van der Waals surface area contributed by atoms with Crippen LogP contribution in [-0.2, 0) is 13.2 Å². The van der Waals surface area contributed by atoms with Crippen LogP contribution in [-0.4, -0.2) is 92.3 Å².